The van der Waals surface area contributed by atoms with Gasteiger partial charge >= 0.3 is 5.97 Å². The van der Waals surface area contributed by atoms with E-state index >= 15 is 0 Å². The first-order valence-corrected chi connectivity index (χ1v) is 5.86. The summed E-state index contributed by atoms with van der Waals surface area (Å²) in [5, 5.41) is 0. The minimum atomic E-state index is -0.407. The monoisotopic (exact) mass is 265 g/mol. The molecular weight excluding hydrogens is 246 g/mol. The third-order valence-electron chi connectivity index (χ3n) is 2.58. The molecule has 1 rings (SSSR count). The molecule has 0 fully saturated rings. The number of methoxy groups -OCH3 is 1. The van der Waals surface area contributed by atoms with Crippen LogP contribution in [0.15, 0.2) is 18.3 Å². The molecule has 1 aromatic heterocycles. The molecular formula is C13H19N3O3. The van der Waals surface area contributed by atoms with Crippen molar-refractivity contribution in [3.63, 3.8) is 0 Å². The topological polar surface area (TPSA) is 62.7 Å². The first kappa shape index (κ1) is 15.1. The van der Waals surface area contributed by atoms with Gasteiger partial charge < -0.3 is 9.64 Å². The lowest BCUT2D eigenvalue weighted by Gasteiger charge is -2.18. The van der Waals surface area contributed by atoms with E-state index in [-0.39, 0.29) is 5.91 Å². The minimum absolute atomic E-state index is 0.0358. The summed E-state index contributed by atoms with van der Waals surface area (Å²) in [7, 11) is 6.62. The number of carbonyl (C=O) groups is 2. The van der Waals surface area contributed by atoms with Crippen LogP contribution in [0.4, 0.5) is 0 Å². The summed E-state index contributed by atoms with van der Waals surface area (Å²) in [5.41, 5.74) is 1.21. The molecule has 0 aromatic carbocycles. The number of esters is 1. The highest BCUT2D eigenvalue weighted by Crippen LogP contribution is 2.04. The summed E-state index contributed by atoms with van der Waals surface area (Å²) in [4.78, 5) is 30.4. The predicted octanol–water partition coefficient (Wildman–Crippen LogP) is 0.388. The van der Waals surface area contributed by atoms with Gasteiger partial charge in [0.05, 0.1) is 24.9 Å². The predicted molar refractivity (Wildman–Crippen MR) is 70.6 cm³/mol. The Hall–Kier alpha value is -1.95. The van der Waals surface area contributed by atoms with Gasteiger partial charge in [0.25, 0.3) is 0 Å². The fourth-order valence-corrected chi connectivity index (χ4v) is 1.46. The highest BCUT2D eigenvalue weighted by atomic mass is 16.5. The molecule has 104 valence electrons. The van der Waals surface area contributed by atoms with Gasteiger partial charge in [-0.3, -0.25) is 14.7 Å². The highest BCUT2D eigenvalue weighted by molar-refractivity contribution is 5.88. The Bertz CT molecular complexity index is 443. The molecule has 1 amide bonds. The lowest BCUT2D eigenvalue weighted by Crippen LogP contribution is -2.34. The van der Waals surface area contributed by atoms with Crippen LogP contribution < -0.4 is 0 Å². The van der Waals surface area contributed by atoms with Crippen LogP contribution in [0, 0.1) is 0 Å². The van der Waals surface area contributed by atoms with E-state index in [1.54, 1.807) is 31.1 Å². The summed E-state index contributed by atoms with van der Waals surface area (Å²) < 4.78 is 4.60. The molecule has 0 atom stereocenters. The molecule has 0 radical (unpaired) electrons. The Morgan fingerprint density at radius 3 is 2.42 bits per heavy atom. The zero-order chi connectivity index (χ0) is 14.4. The molecule has 19 heavy (non-hydrogen) atoms. The lowest BCUT2D eigenvalue weighted by molar-refractivity contribution is -0.129. The summed E-state index contributed by atoms with van der Waals surface area (Å²) in [5.74, 6) is -0.371. The average Bonchev–Trinajstić information content (AvgIpc) is 2.38. The quantitative estimate of drug-likeness (QED) is 0.721. The number of amides is 1. The van der Waals surface area contributed by atoms with Gasteiger partial charge in [-0.15, -0.1) is 0 Å². The number of aromatic nitrogens is 1. The molecule has 0 aliphatic heterocycles. The van der Waals surface area contributed by atoms with Gasteiger partial charge in [-0.2, -0.15) is 0 Å². The maximum Gasteiger partial charge on any atom is 0.339 e. The zero-order valence-corrected chi connectivity index (χ0v) is 11.7. The number of hydrogen-bond donors (Lipinski definition) is 0. The fraction of sp³-hybridized carbons (Fsp3) is 0.462. The van der Waals surface area contributed by atoms with Crippen molar-refractivity contribution < 1.29 is 14.3 Å². The van der Waals surface area contributed by atoms with E-state index in [1.807, 2.05) is 11.9 Å². The van der Waals surface area contributed by atoms with Crippen LogP contribution in [0.1, 0.15) is 16.1 Å². The first-order valence-electron chi connectivity index (χ1n) is 5.86. The molecule has 0 aliphatic carbocycles. The molecule has 0 spiro atoms. The number of ether oxygens (including phenoxy) is 1. The van der Waals surface area contributed by atoms with Crippen LogP contribution in [-0.4, -0.2) is 61.5 Å². The average molecular weight is 265 g/mol. The summed E-state index contributed by atoms with van der Waals surface area (Å²) in [6.45, 7) is 0.870. The normalized spacial score (nSPS) is 10.4. The van der Waals surface area contributed by atoms with Crippen LogP contribution in [0.25, 0.3) is 0 Å². The standard InChI is InChI=1S/C13H19N3O3/c1-15(2)12(17)9-16(3)8-11-6-5-10(7-14-11)13(18)19-4/h5-7H,8-9H2,1-4H3. The SMILES string of the molecule is COC(=O)c1ccc(CN(C)CC(=O)N(C)C)nc1. The van der Waals surface area contributed by atoms with E-state index in [1.165, 1.54) is 13.3 Å². The van der Waals surface area contributed by atoms with Gasteiger partial charge in [-0.1, -0.05) is 0 Å². The molecule has 0 N–H and O–H groups in total. The van der Waals surface area contributed by atoms with E-state index in [4.69, 9.17) is 0 Å². The lowest BCUT2D eigenvalue weighted by atomic mass is 10.2. The number of likely N-dealkylation sites (N-methyl/N-ethyl adjacent to an activating group) is 2. The van der Waals surface area contributed by atoms with Gasteiger partial charge in [0, 0.05) is 26.8 Å². The third kappa shape index (κ3) is 4.67. The molecule has 0 bridgehead atoms. The molecule has 0 saturated heterocycles. The second kappa shape index (κ2) is 6.84. The van der Waals surface area contributed by atoms with E-state index < -0.39 is 5.97 Å². The Morgan fingerprint density at radius 1 is 1.26 bits per heavy atom. The molecule has 6 heteroatoms. The van der Waals surface area contributed by atoms with Crippen LogP contribution in [0.3, 0.4) is 0 Å². The van der Waals surface area contributed by atoms with Gasteiger partial charge in [-0.05, 0) is 19.2 Å². The van der Waals surface area contributed by atoms with Crippen LogP contribution in [0.5, 0.6) is 0 Å². The van der Waals surface area contributed by atoms with Crippen molar-refractivity contribution in [2.45, 2.75) is 6.54 Å². The second-order valence-corrected chi connectivity index (χ2v) is 4.49. The van der Waals surface area contributed by atoms with Crippen molar-refractivity contribution in [1.29, 1.82) is 0 Å². The van der Waals surface area contributed by atoms with Crippen molar-refractivity contribution in [1.82, 2.24) is 14.8 Å². The van der Waals surface area contributed by atoms with Gasteiger partial charge in [-0.25, -0.2) is 4.79 Å². The highest BCUT2D eigenvalue weighted by Gasteiger charge is 2.10. The number of pyridine rings is 1. The smallest absolute Gasteiger partial charge is 0.339 e. The Balaban J connectivity index is 2.58. The molecule has 1 aromatic rings. The maximum absolute atomic E-state index is 11.5. The third-order valence-corrected chi connectivity index (χ3v) is 2.58. The maximum atomic E-state index is 11.5. The van der Waals surface area contributed by atoms with Gasteiger partial charge in [0.2, 0.25) is 5.91 Å². The van der Waals surface area contributed by atoms with Crippen molar-refractivity contribution in [2.75, 3.05) is 34.8 Å². The summed E-state index contributed by atoms with van der Waals surface area (Å²) in [6.07, 6.45) is 1.47. The van der Waals surface area contributed by atoms with Gasteiger partial charge in [0.1, 0.15) is 0 Å². The van der Waals surface area contributed by atoms with E-state index in [0.29, 0.717) is 18.7 Å². The van der Waals surface area contributed by atoms with E-state index in [9.17, 15) is 9.59 Å². The molecule has 6 nitrogen and oxygen atoms in total. The Kier molecular flexibility index (Phi) is 5.44. The largest absolute Gasteiger partial charge is 0.465 e. The van der Waals surface area contributed by atoms with Crippen molar-refractivity contribution in [2.24, 2.45) is 0 Å². The summed E-state index contributed by atoms with van der Waals surface area (Å²) >= 11 is 0. The van der Waals surface area contributed by atoms with Crippen molar-refractivity contribution >= 4 is 11.9 Å². The van der Waals surface area contributed by atoms with Crippen molar-refractivity contribution in [3.05, 3.63) is 29.6 Å². The minimum Gasteiger partial charge on any atom is -0.465 e. The Morgan fingerprint density at radius 2 is 1.95 bits per heavy atom. The second-order valence-electron chi connectivity index (χ2n) is 4.49. The number of nitrogens with zero attached hydrogens (tertiary/aromatic N) is 3. The number of rotatable bonds is 5. The molecule has 0 saturated carbocycles. The van der Waals surface area contributed by atoms with Crippen molar-refractivity contribution in [3.8, 4) is 0 Å². The Labute approximate surface area is 113 Å². The summed E-state index contributed by atoms with van der Waals surface area (Å²) in [6, 6.07) is 3.42. The van der Waals surface area contributed by atoms with Crippen LogP contribution >= 0.6 is 0 Å². The van der Waals surface area contributed by atoms with E-state index in [2.05, 4.69) is 9.72 Å². The van der Waals surface area contributed by atoms with Crippen LogP contribution in [0.2, 0.25) is 0 Å². The number of hydrogen-bond acceptors (Lipinski definition) is 5. The number of carbonyl (C=O) groups excluding carboxylic acids is 2. The van der Waals surface area contributed by atoms with Crippen LogP contribution in [-0.2, 0) is 16.1 Å². The first-order chi connectivity index (χ1) is 8.93. The molecule has 0 aliphatic rings. The zero-order valence-electron chi connectivity index (χ0n) is 11.7. The fourth-order valence-electron chi connectivity index (χ4n) is 1.46. The molecule has 0 unspecified atom stereocenters. The molecule has 1 heterocycles. The van der Waals surface area contributed by atoms with Gasteiger partial charge in [0.15, 0.2) is 0 Å². The van der Waals surface area contributed by atoms with E-state index in [0.717, 1.165) is 5.69 Å².